The zero-order chi connectivity index (χ0) is 9.84. The highest BCUT2D eigenvalue weighted by Crippen LogP contribution is 2.18. The molecule has 0 saturated carbocycles. The minimum absolute atomic E-state index is 0.0888. The Labute approximate surface area is 80.5 Å². The number of thioether (sulfide) groups is 1. The second-order valence-corrected chi connectivity index (χ2v) is 3.70. The minimum atomic E-state index is -0.684. The van der Waals surface area contributed by atoms with Gasteiger partial charge in [-0.15, -0.1) is 0 Å². The average Bonchev–Trinajstić information content (AvgIpc) is 2.36. The van der Waals surface area contributed by atoms with E-state index in [9.17, 15) is 14.7 Å². The lowest BCUT2D eigenvalue weighted by atomic mass is 10.3. The number of rotatable bonds is 4. The largest absolute Gasteiger partial charge is 0.390 e. The molecule has 0 spiro atoms. The van der Waals surface area contributed by atoms with Gasteiger partial charge in [0.15, 0.2) is 0 Å². The minimum Gasteiger partial charge on any atom is -0.390 e. The van der Waals surface area contributed by atoms with Gasteiger partial charge in [0.05, 0.1) is 18.4 Å². The Morgan fingerprint density at radius 2 is 2.38 bits per heavy atom. The second kappa shape index (κ2) is 4.59. The summed E-state index contributed by atoms with van der Waals surface area (Å²) in [5, 5.41) is 11.8. The molecule has 0 aliphatic carbocycles. The highest BCUT2D eigenvalue weighted by molar-refractivity contribution is 8.14. The molecule has 0 aromatic heterocycles. The molecule has 1 aliphatic rings. The normalized spacial score (nSPS) is 19.7. The smallest absolute Gasteiger partial charge is 0.288 e. The first-order valence-electron chi connectivity index (χ1n) is 3.95. The number of hydrogen-bond donors (Lipinski definition) is 2. The molecule has 2 N–H and O–H groups in total. The second-order valence-electron chi connectivity index (χ2n) is 2.77. The van der Waals surface area contributed by atoms with Crippen molar-refractivity contribution in [3.63, 3.8) is 0 Å². The summed E-state index contributed by atoms with van der Waals surface area (Å²) in [5.41, 5.74) is 0. The Hall–Kier alpha value is -0.590. The van der Waals surface area contributed by atoms with Crippen molar-refractivity contribution in [3.8, 4) is 0 Å². The fourth-order valence-corrected chi connectivity index (χ4v) is 1.80. The summed E-state index contributed by atoms with van der Waals surface area (Å²) < 4.78 is 0. The standard InChI is InChI=1S/C7H12N2O3S/c1-8-2-5(10)3-9-6(11)4-13-7(9)12/h5,8,10H,2-4H2,1H3. The van der Waals surface area contributed by atoms with Crippen molar-refractivity contribution in [2.75, 3.05) is 25.9 Å². The first-order chi connectivity index (χ1) is 6.15. The van der Waals surface area contributed by atoms with Gasteiger partial charge in [0.1, 0.15) is 0 Å². The third-order valence-corrected chi connectivity index (χ3v) is 2.53. The Morgan fingerprint density at radius 3 is 2.85 bits per heavy atom. The zero-order valence-corrected chi connectivity index (χ0v) is 8.13. The van der Waals surface area contributed by atoms with Gasteiger partial charge in [-0.3, -0.25) is 14.5 Å². The summed E-state index contributed by atoms with van der Waals surface area (Å²) in [6.07, 6.45) is -0.684. The van der Waals surface area contributed by atoms with Crippen LogP contribution < -0.4 is 5.32 Å². The molecule has 0 radical (unpaired) electrons. The van der Waals surface area contributed by atoms with Crippen molar-refractivity contribution in [2.24, 2.45) is 0 Å². The summed E-state index contributed by atoms with van der Waals surface area (Å²) in [4.78, 5) is 23.2. The molecule has 0 aromatic carbocycles. The predicted molar refractivity (Wildman–Crippen MR) is 49.5 cm³/mol. The molecule has 0 aromatic rings. The van der Waals surface area contributed by atoms with E-state index in [4.69, 9.17) is 0 Å². The van der Waals surface area contributed by atoms with Gasteiger partial charge in [-0.2, -0.15) is 0 Å². The number of aliphatic hydroxyl groups is 1. The van der Waals surface area contributed by atoms with E-state index in [0.29, 0.717) is 6.54 Å². The number of carbonyl (C=O) groups is 2. The molecule has 5 nitrogen and oxygen atoms in total. The van der Waals surface area contributed by atoms with Crippen molar-refractivity contribution in [1.29, 1.82) is 0 Å². The quantitative estimate of drug-likeness (QED) is 0.631. The summed E-state index contributed by atoms with van der Waals surface area (Å²) >= 11 is 0.979. The van der Waals surface area contributed by atoms with Gasteiger partial charge in [-0.25, -0.2) is 0 Å². The van der Waals surface area contributed by atoms with Crippen LogP contribution in [0.4, 0.5) is 4.79 Å². The number of β-amino-alcohol motifs (C(OH)–C–C–N with tert-alkyl or cyclic N) is 1. The number of carbonyl (C=O) groups excluding carboxylic acids is 2. The van der Waals surface area contributed by atoms with Gasteiger partial charge >= 0.3 is 0 Å². The fourth-order valence-electron chi connectivity index (χ4n) is 1.07. The lowest BCUT2D eigenvalue weighted by molar-refractivity contribution is -0.125. The van der Waals surface area contributed by atoms with Crippen LogP contribution in [-0.4, -0.2) is 53.1 Å². The van der Waals surface area contributed by atoms with E-state index in [2.05, 4.69) is 5.32 Å². The number of nitrogens with zero attached hydrogens (tertiary/aromatic N) is 1. The van der Waals surface area contributed by atoms with Crippen LogP contribution in [-0.2, 0) is 4.79 Å². The van der Waals surface area contributed by atoms with Crippen molar-refractivity contribution in [1.82, 2.24) is 10.2 Å². The van der Waals surface area contributed by atoms with E-state index in [1.165, 1.54) is 0 Å². The van der Waals surface area contributed by atoms with Gasteiger partial charge in [0.25, 0.3) is 5.24 Å². The van der Waals surface area contributed by atoms with Crippen molar-refractivity contribution in [3.05, 3.63) is 0 Å². The van der Waals surface area contributed by atoms with Crippen LogP contribution >= 0.6 is 11.8 Å². The van der Waals surface area contributed by atoms with Crippen LogP contribution in [0.5, 0.6) is 0 Å². The molecule has 0 bridgehead atoms. The van der Waals surface area contributed by atoms with Crippen LogP contribution in [0.2, 0.25) is 0 Å². The van der Waals surface area contributed by atoms with E-state index in [0.717, 1.165) is 16.7 Å². The van der Waals surface area contributed by atoms with Crippen LogP contribution in [0.15, 0.2) is 0 Å². The van der Waals surface area contributed by atoms with E-state index >= 15 is 0 Å². The molecule has 1 atom stereocenters. The zero-order valence-electron chi connectivity index (χ0n) is 7.32. The maximum Gasteiger partial charge on any atom is 0.288 e. The molecule has 2 amide bonds. The molecule has 1 fully saturated rings. The Kier molecular flexibility index (Phi) is 3.71. The Bertz CT molecular complexity index is 206. The lowest BCUT2D eigenvalue weighted by Gasteiger charge is -2.16. The van der Waals surface area contributed by atoms with Crippen molar-refractivity contribution >= 4 is 22.9 Å². The highest BCUT2D eigenvalue weighted by Gasteiger charge is 2.30. The van der Waals surface area contributed by atoms with E-state index in [1.807, 2.05) is 0 Å². The van der Waals surface area contributed by atoms with Gasteiger partial charge < -0.3 is 10.4 Å². The highest BCUT2D eigenvalue weighted by atomic mass is 32.2. The van der Waals surface area contributed by atoms with Gasteiger partial charge in [-0.1, -0.05) is 11.8 Å². The molecule has 1 rings (SSSR count). The topological polar surface area (TPSA) is 69.6 Å². The third kappa shape index (κ3) is 2.68. The van der Waals surface area contributed by atoms with Crippen molar-refractivity contribution < 1.29 is 14.7 Å². The number of nitrogens with one attached hydrogen (secondary N) is 1. The predicted octanol–water partition coefficient (Wildman–Crippen LogP) is -0.738. The molecule has 1 unspecified atom stereocenters. The van der Waals surface area contributed by atoms with Gasteiger partial charge in [0.2, 0.25) is 5.91 Å². The molecule has 6 heteroatoms. The maximum atomic E-state index is 11.1. The number of imide groups is 1. The SMILES string of the molecule is CNCC(O)CN1C(=O)CSC1=O. The lowest BCUT2D eigenvalue weighted by Crippen LogP contribution is -2.39. The molecule has 1 heterocycles. The number of amides is 2. The van der Waals surface area contributed by atoms with Gasteiger partial charge in [0, 0.05) is 6.54 Å². The summed E-state index contributed by atoms with van der Waals surface area (Å²) in [6, 6.07) is 0. The summed E-state index contributed by atoms with van der Waals surface area (Å²) in [5.74, 6) is -0.0179. The number of hydrogen-bond acceptors (Lipinski definition) is 5. The van der Waals surface area contributed by atoms with Crippen LogP contribution in [0.1, 0.15) is 0 Å². The Balaban J connectivity index is 2.43. The van der Waals surface area contributed by atoms with E-state index in [1.54, 1.807) is 7.05 Å². The third-order valence-electron chi connectivity index (χ3n) is 1.67. The first kappa shape index (κ1) is 10.5. The van der Waals surface area contributed by atoms with Crippen LogP contribution in [0, 0.1) is 0 Å². The molecular weight excluding hydrogens is 192 g/mol. The monoisotopic (exact) mass is 204 g/mol. The number of likely N-dealkylation sites (N-methyl/N-ethyl adjacent to an activating group) is 1. The summed E-state index contributed by atoms with van der Waals surface area (Å²) in [6.45, 7) is 0.466. The van der Waals surface area contributed by atoms with E-state index in [-0.39, 0.29) is 23.4 Å². The molecular formula is C7H12N2O3S. The first-order valence-corrected chi connectivity index (χ1v) is 4.93. The average molecular weight is 204 g/mol. The Morgan fingerprint density at radius 1 is 1.69 bits per heavy atom. The fraction of sp³-hybridized carbons (Fsp3) is 0.714. The molecule has 1 saturated heterocycles. The van der Waals surface area contributed by atoms with Crippen molar-refractivity contribution in [2.45, 2.75) is 6.10 Å². The van der Waals surface area contributed by atoms with E-state index < -0.39 is 6.10 Å². The maximum absolute atomic E-state index is 11.1. The molecule has 1 aliphatic heterocycles. The van der Waals surface area contributed by atoms with Crippen LogP contribution in [0.3, 0.4) is 0 Å². The number of aliphatic hydroxyl groups excluding tert-OH is 1. The molecule has 74 valence electrons. The molecule has 13 heavy (non-hydrogen) atoms. The van der Waals surface area contributed by atoms with Crippen LogP contribution in [0.25, 0.3) is 0 Å². The van der Waals surface area contributed by atoms with Gasteiger partial charge in [-0.05, 0) is 7.05 Å². The summed E-state index contributed by atoms with van der Waals surface area (Å²) in [7, 11) is 1.70.